The van der Waals surface area contributed by atoms with Crippen LogP contribution in [0.25, 0.3) is 0 Å². The van der Waals surface area contributed by atoms with E-state index in [1.54, 1.807) is 0 Å². The first-order chi connectivity index (χ1) is 7.34. The minimum atomic E-state index is 0.519. The molecule has 1 N–H and O–H groups in total. The number of unbranched alkanes of at least 4 members (excludes halogenated alkanes) is 2. The highest BCUT2D eigenvalue weighted by Crippen LogP contribution is 2.17. The summed E-state index contributed by atoms with van der Waals surface area (Å²) < 4.78 is 0. The molecule has 3 heteroatoms. The molecule has 1 heterocycles. The minimum Gasteiger partial charge on any atom is -0.309 e. The van der Waals surface area contributed by atoms with Crippen LogP contribution in [0.4, 0.5) is 0 Å². The van der Waals surface area contributed by atoms with Crippen molar-refractivity contribution in [2.45, 2.75) is 32.2 Å². The topological polar surface area (TPSA) is 12.0 Å². The quantitative estimate of drug-likeness (QED) is 0.694. The maximum atomic E-state index is 3.57. The molecule has 0 radical (unpaired) electrons. The third-order valence-corrected chi connectivity index (χ3v) is 4.20. The van der Waals surface area contributed by atoms with Crippen LogP contribution < -0.4 is 5.32 Å². The molecule has 0 aliphatic carbocycles. The number of thioether (sulfide) groups is 1. The first kappa shape index (κ1) is 13.1. The maximum absolute atomic E-state index is 3.57. The fraction of sp³-hybridized carbons (Fsp3) is 0.667. The lowest BCUT2D eigenvalue weighted by Crippen LogP contribution is -2.18. The molecule has 1 atom stereocenters. The van der Waals surface area contributed by atoms with Gasteiger partial charge in [0.15, 0.2) is 0 Å². The van der Waals surface area contributed by atoms with Gasteiger partial charge < -0.3 is 5.32 Å². The molecule has 0 saturated heterocycles. The monoisotopic (exact) mass is 243 g/mol. The van der Waals surface area contributed by atoms with Crippen LogP contribution in [0, 0.1) is 0 Å². The summed E-state index contributed by atoms with van der Waals surface area (Å²) in [5, 5.41) is 5.71. The molecule has 1 unspecified atom stereocenters. The van der Waals surface area contributed by atoms with Crippen molar-refractivity contribution in [2.75, 3.05) is 18.6 Å². The lowest BCUT2D eigenvalue weighted by Gasteiger charge is -2.11. The Labute approximate surface area is 102 Å². The van der Waals surface area contributed by atoms with Crippen LogP contribution in [0.3, 0.4) is 0 Å². The standard InChI is InChI=1S/C12H21NS2/c1-11(12-7-6-10-15-12)13-8-4-3-5-9-14-2/h6-7,10-11,13H,3-5,8-9H2,1-2H3. The molecule has 1 rings (SSSR count). The zero-order chi connectivity index (χ0) is 10.9. The van der Waals surface area contributed by atoms with E-state index < -0.39 is 0 Å². The van der Waals surface area contributed by atoms with Gasteiger partial charge in [-0.25, -0.2) is 0 Å². The average molecular weight is 243 g/mol. The van der Waals surface area contributed by atoms with Crippen LogP contribution in [-0.4, -0.2) is 18.6 Å². The Hall–Kier alpha value is 0.01000. The van der Waals surface area contributed by atoms with Crippen molar-refractivity contribution in [2.24, 2.45) is 0 Å². The maximum Gasteiger partial charge on any atom is 0.0386 e. The van der Waals surface area contributed by atoms with Gasteiger partial charge in [0.2, 0.25) is 0 Å². The smallest absolute Gasteiger partial charge is 0.0386 e. The molecule has 0 aliphatic heterocycles. The van der Waals surface area contributed by atoms with Gasteiger partial charge in [0.05, 0.1) is 0 Å². The summed E-state index contributed by atoms with van der Waals surface area (Å²) in [6.07, 6.45) is 6.19. The number of rotatable bonds is 8. The molecular formula is C12H21NS2. The van der Waals surface area contributed by atoms with Crippen molar-refractivity contribution in [1.29, 1.82) is 0 Å². The van der Waals surface area contributed by atoms with Crippen molar-refractivity contribution < 1.29 is 0 Å². The van der Waals surface area contributed by atoms with E-state index in [1.807, 2.05) is 23.1 Å². The normalized spacial score (nSPS) is 12.9. The Morgan fingerprint density at radius 2 is 2.27 bits per heavy atom. The summed E-state index contributed by atoms with van der Waals surface area (Å²) in [6, 6.07) is 4.85. The molecular weight excluding hydrogens is 222 g/mol. The van der Waals surface area contributed by atoms with Crippen LogP contribution in [0.15, 0.2) is 17.5 Å². The van der Waals surface area contributed by atoms with E-state index in [9.17, 15) is 0 Å². The van der Waals surface area contributed by atoms with Crippen LogP contribution in [0.2, 0.25) is 0 Å². The molecule has 0 aliphatic rings. The predicted molar refractivity (Wildman–Crippen MR) is 73.0 cm³/mol. The Morgan fingerprint density at radius 3 is 2.93 bits per heavy atom. The summed E-state index contributed by atoms with van der Waals surface area (Å²) >= 11 is 3.78. The number of hydrogen-bond acceptors (Lipinski definition) is 3. The second-order valence-electron chi connectivity index (χ2n) is 3.74. The second-order valence-corrected chi connectivity index (χ2v) is 5.71. The van der Waals surface area contributed by atoms with Crippen molar-refractivity contribution in [3.8, 4) is 0 Å². The lowest BCUT2D eigenvalue weighted by atomic mass is 10.2. The van der Waals surface area contributed by atoms with E-state index in [0.717, 1.165) is 6.54 Å². The van der Waals surface area contributed by atoms with Gasteiger partial charge in [0, 0.05) is 10.9 Å². The highest BCUT2D eigenvalue weighted by molar-refractivity contribution is 7.98. The fourth-order valence-electron chi connectivity index (χ4n) is 1.50. The van der Waals surface area contributed by atoms with Crippen molar-refractivity contribution in [1.82, 2.24) is 5.32 Å². The molecule has 15 heavy (non-hydrogen) atoms. The van der Waals surface area contributed by atoms with Gasteiger partial charge in [-0.15, -0.1) is 11.3 Å². The van der Waals surface area contributed by atoms with Crippen molar-refractivity contribution >= 4 is 23.1 Å². The highest BCUT2D eigenvalue weighted by atomic mass is 32.2. The van der Waals surface area contributed by atoms with Gasteiger partial charge in [-0.2, -0.15) is 11.8 Å². The Kier molecular flexibility index (Phi) is 7.14. The Morgan fingerprint density at radius 1 is 1.40 bits per heavy atom. The SMILES string of the molecule is CSCCCCCNC(C)c1cccs1. The molecule has 0 spiro atoms. The summed E-state index contributed by atoms with van der Waals surface area (Å²) in [5.74, 6) is 1.31. The second kappa shape index (κ2) is 8.20. The average Bonchev–Trinajstić information content (AvgIpc) is 2.76. The third kappa shape index (κ3) is 5.59. The van der Waals surface area contributed by atoms with E-state index in [1.165, 1.54) is 29.9 Å². The first-order valence-electron chi connectivity index (χ1n) is 5.60. The lowest BCUT2D eigenvalue weighted by molar-refractivity contribution is 0.550. The van der Waals surface area contributed by atoms with E-state index in [0.29, 0.717) is 6.04 Å². The first-order valence-corrected chi connectivity index (χ1v) is 7.87. The van der Waals surface area contributed by atoms with Gasteiger partial charge >= 0.3 is 0 Å². The number of thiophene rings is 1. The van der Waals surface area contributed by atoms with Gasteiger partial charge in [-0.05, 0) is 49.8 Å². The van der Waals surface area contributed by atoms with E-state index in [2.05, 4.69) is 36.0 Å². The molecule has 0 amide bonds. The Balaban J connectivity index is 2.00. The fourth-order valence-corrected chi connectivity index (χ4v) is 2.76. The van der Waals surface area contributed by atoms with Crippen LogP contribution >= 0.6 is 23.1 Å². The summed E-state index contributed by atoms with van der Waals surface area (Å²) in [7, 11) is 0. The summed E-state index contributed by atoms with van der Waals surface area (Å²) in [5.41, 5.74) is 0. The van der Waals surface area contributed by atoms with E-state index >= 15 is 0 Å². The molecule has 0 fully saturated rings. The number of hydrogen-bond donors (Lipinski definition) is 1. The molecule has 0 aromatic carbocycles. The zero-order valence-corrected chi connectivity index (χ0v) is 11.3. The molecule has 1 aromatic rings. The van der Waals surface area contributed by atoms with Gasteiger partial charge in [0.25, 0.3) is 0 Å². The van der Waals surface area contributed by atoms with Crippen LogP contribution in [-0.2, 0) is 0 Å². The van der Waals surface area contributed by atoms with E-state index in [4.69, 9.17) is 0 Å². The van der Waals surface area contributed by atoms with Gasteiger partial charge in [-0.3, -0.25) is 0 Å². The Bertz CT molecular complexity index is 234. The third-order valence-electron chi connectivity index (χ3n) is 2.45. The van der Waals surface area contributed by atoms with E-state index in [-0.39, 0.29) is 0 Å². The number of nitrogens with one attached hydrogen (secondary N) is 1. The zero-order valence-electron chi connectivity index (χ0n) is 9.66. The molecule has 1 nitrogen and oxygen atoms in total. The molecule has 1 aromatic heterocycles. The van der Waals surface area contributed by atoms with Crippen molar-refractivity contribution in [3.05, 3.63) is 22.4 Å². The minimum absolute atomic E-state index is 0.519. The molecule has 86 valence electrons. The van der Waals surface area contributed by atoms with Gasteiger partial charge in [-0.1, -0.05) is 12.5 Å². The van der Waals surface area contributed by atoms with Crippen LogP contribution in [0.5, 0.6) is 0 Å². The molecule has 0 saturated carbocycles. The van der Waals surface area contributed by atoms with Gasteiger partial charge in [0.1, 0.15) is 0 Å². The summed E-state index contributed by atoms with van der Waals surface area (Å²) in [6.45, 7) is 3.39. The predicted octanol–water partition coefficient (Wildman–Crippen LogP) is 3.93. The largest absolute Gasteiger partial charge is 0.309 e. The highest BCUT2D eigenvalue weighted by Gasteiger charge is 2.03. The van der Waals surface area contributed by atoms with Crippen LogP contribution in [0.1, 0.15) is 37.1 Å². The summed E-state index contributed by atoms with van der Waals surface area (Å²) in [4.78, 5) is 1.44. The molecule has 0 bridgehead atoms. The van der Waals surface area contributed by atoms with Crippen molar-refractivity contribution in [3.63, 3.8) is 0 Å².